The van der Waals surface area contributed by atoms with Gasteiger partial charge in [0.25, 0.3) is 0 Å². The highest BCUT2D eigenvalue weighted by Gasteiger charge is 2.19. The number of allylic oxidation sites excluding steroid dienone is 26. The summed E-state index contributed by atoms with van der Waals surface area (Å²) in [4.78, 5) is 38.1. The van der Waals surface area contributed by atoms with E-state index >= 15 is 0 Å². The van der Waals surface area contributed by atoms with Crippen molar-refractivity contribution >= 4 is 17.9 Å². The van der Waals surface area contributed by atoms with Crippen LogP contribution in [0.2, 0.25) is 0 Å². The summed E-state index contributed by atoms with van der Waals surface area (Å²) in [5.41, 5.74) is 0. The smallest absolute Gasteiger partial charge is 0.306 e. The van der Waals surface area contributed by atoms with Crippen molar-refractivity contribution in [3.63, 3.8) is 0 Å². The van der Waals surface area contributed by atoms with E-state index in [1.54, 1.807) is 0 Å². The molecular weight excluding hydrogens is 901 g/mol. The van der Waals surface area contributed by atoms with E-state index in [0.717, 1.165) is 154 Å². The second-order valence-electron chi connectivity index (χ2n) is 18.4. The first-order valence-corrected chi connectivity index (χ1v) is 29.0. The van der Waals surface area contributed by atoms with Gasteiger partial charge in [0, 0.05) is 19.3 Å². The Kier molecular flexibility index (Phi) is 55.5. The van der Waals surface area contributed by atoms with Crippen LogP contribution in [0.15, 0.2) is 158 Å². The highest BCUT2D eigenvalue weighted by molar-refractivity contribution is 5.71. The molecule has 0 saturated carbocycles. The number of carbonyl (C=O) groups excluding carboxylic acids is 3. The summed E-state index contributed by atoms with van der Waals surface area (Å²) >= 11 is 0. The van der Waals surface area contributed by atoms with Crippen LogP contribution in [-0.4, -0.2) is 37.2 Å². The number of hydrogen-bond donors (Lipinski definition) is 0. The lowest BCUT2D eigenvalue weighted by Crippen LogP contribution is -2.30. The Morgan fingerprint density at radius 2 is 0.534 bits per heavy atom. The Morgan fingerprint density at radius 1 is 0.288 bits per heavy atom. The molecular formula is C67H104O6. The summed E-state index contributed by atoms with van der Waals surface area (Å²) in [5.74, 6) is -1.00. The molecule has 0 aromatic heterocycles. The first-order chi connectivity index (χ1) is 36.0. The van der Waals surface area contributed by atoms with E-state index in [-0.39, 0.29) is 37.5 Å². The van der Waals surface area contributed by atoms with Gasteiger partial charge in [0.2, 0.25) is 0 Å². The van der Waals surface area contributed by atoms with Crippen molar-refractivity contribution < 1.29 is 28.6 Å². The van der Waals surface area contributed by atoms with Crippen molar-refractivity contribution in [2.45, 2.75) is 232 Å². The molecule has 0 rings (SSSR count). The van der Waals surface area contributed by atoms with Gasteiger partial charge in [-0.25, -0.2) is 0 Å². The standard InChI is InChI=1S/C67H104O6/c1-4-7-10-13-16-19-22-24-26-27-28-29-30-31-32-33-34-35-36-37-38-39-41-42-45-48-51-54-57-60-66(69)72-63-64(62-71-65(68)59-56-53-50-47-44-21-18-15-12-9-6-3)73-67(70)61-58-55-52-49-46-43-40-25-23-20-17-14-11-8-5-2/h7-8,10-11,15-20,24-26,28-29,31-32,34-35,37-38,40-42,46,49,64H,4-6,9,12-14,21-23,27,30,33,36,39,43-45,47-48,50-63H2,1-3H3/b10-7-,11-8-,18-15-,19-16-,20-17-,26-24-,29-28-,32-31-,35-34-,38-37-,40-25-,42-41-,49-46-. The van der Waals surface area contributed by atoms with Gasteiger partial charge in [-0.15, -0.1) is 0 Å². The van der Waals surface area contributed by atoms with E-state index < -0.39 is 6.10 Å². The van der Waals surface area contributed by atoms with E-state index in [2.05, 4.69) is 179 Å². The third-order valence-corrected chi connectivity index (χ3v) is 11.5. The van der Waals surface area contributed by atoms with Crippen LogP contribution in [0.3, 0.4) is 0 Å². The predicted octanol–water partition coefficient (Wildman–Crippen LogP) is 19.8. The number of rotatable bonds is 50. The zero-order valence-corrected chi connectivity index (χ0v) is 46.6. The van der Waals surface area contributed by atoms with E-state index in [0.29, 0.717) is 19.3 Å². The zero-order valence-electron chi connectivity index (χ0n) is 46.6. The zero-order chi connectivity index (χ0) is 52.9. The average Bonchev–Trinajstić information content (AvgIpc) is 3.39. The topological polar surface area (TPSA) is 78.9 Å². The summed E-state index contributed by atoms with van der Waals surface area (Å²) in [6.07, 6.45) is 86.7. The van der Waals surface area contributed by atoms with Crippen LogP contribution < -0.4 is 0 Å². The van der Waals surface area contributed by atoms with E-state index in [1.807, 2.05) is 0 Å². The molecule has 0 fully saturated rings. The van der Waals surface area contributed by atoms with E-state index in [1.165, 1.54) is 25.7 Å². The van der Waals surface area contributed by atoms with Gasteiger partial charge in [-0.1, -0.05) is 224 Å². The fraction of sp³-hybridized carbons (Fsp3) is 0.567. The highest BCUT2D eigenvalue weighted by atomic mass is 16.6. The Morgan fingerprint density at radius 3 is 0.877 bits per heavy atom. The Bertz CT molecular complexity index is 1670. The normalized spacial score (nSPS) is 13.3. The second-order valence-corrected chi connectivity index (χ2v) is 18.4. The van der Waals surface area contributed by atoms with Crippen molar-refractivity contribution in [2.75, 3.05) is 13.2 Å². The van der Waals surface area contributed by atoms with Crippen LogP contribution >= 0.6 is 0 Å². The molecule has 0 aromatic rings. The maximum Gasteiger partial charge on any atom is 0.306 e. The second kappa shape index (κ2) is 59.6. The van der Waals surface area contributed by atoms with Crippen LogP contribution in [0, 0.1) is 0 Å². The van der Waals surface area contributed by atoms with Gasteiger partial charge < -0.3 is 14.2 Å². The molecule has 0 saturated heterocycles. The van der Waals surface area contributed by atoms with Crippen LogP contribution in [-0.2, 0) is 28.6 Å². The minimum absolute atomic E-state index is 0.114. The molecule has 408 valence electrons. The van der Waals surface area contributed by atoms with Gasteiger partial charge >= 0.3 is 17.9 Å². The van der Waals surface area contributed by atoms with Crippen molar-refractivity contribution in [3.05, 3.63) is 158 Å². The third-order valence-electron chi connectivity index (χ3n) is 11.5. The monoisotopic (exact) mass is 1000 g/mol. The van der Waals surface area contributed by atoms with Crippen molar-refractivity contribution in [3.8, 4) is 0 Å². The molecule has 0 heterocycles. The molecule has 0 N–H and O–H groups in total. The van der Waals surface area contributed by atoms with Crippen molar-refractivity contribution in [2.24, 2.45) is 0 Å². The minimum atomic E-state index is -0.821. The molecule has 0 aliphatic rings. The third kappa shape index (κ3) is 57.8. The fourth-order valence-electron chi connectivity index (χ4n) is 7.19. The van der Waals surface area contributed by atoms with Crippen LogP contribution in [0.5, 0.6) is 0 Å². The van der Waals surface area contributed by atoms with Gasteiger partial charge in [0.1, 0.15) is 13.2 Å². The quantitative estimate of drug-likeness (QED) is 0.0261. The van der Waals surface area contributed by atoms with E-state index in [9.17, 15) is 14.4 Å². The molecule has 1 atom stereocenters. The van der Waals surface area contributed by atoms with Gasteiger partial charge in [-0.2, -0.15) is 0 Å². The molecule has 0 bridgehead atoms. The Hall–Kier alpha value is -4.97. The maximum atomic E-state index is 12.8. The van der Waals surface area contributed by atoms with Gasteiger partial charge in [-0.05, 0) is 141 Å². The van der Waals surface area contributed by atoms with Gasteiger partial charge in [0.15, 0.2) is 6.10 Å². The lowest BCUT2D eigenvalue weighted by Gasteiger charge is -2.18. The molecule has 1 unspecified atom stereocenters. The van der Waals surface area contributed by atoms with Crippen molar-refractivity contribution in [1.82, 2.24) is 0 Å². The largest absolute Gasteiger partial charge is 0.462 e. The summed E-state index contributed by atoms with van der Waals surface area (Å²) in [7, 11) is 0. The first kappa shape index (κ1) is 68.0. The average molecular weight is 1010 g/mol. The predicted molar refractivity (Wildman–Crippen MR) is 315 cm³/mol. The molecule has 0 radical (unpaired) electrons. The Balaban J connectivity index is 4.41. The summed E-state index contributed by atoms with van der Waals surface area (Å²) < 4.78 is 16.8. The number of ether oxygens (including phenoxy) is 3. The molecule has 0 amide bonds. The van der Waals surface area contributed by atoms with Crippen molar-refractivity contribution in [1.29, 1.82) is 0 Å². The number of esters is 3. The molecule has 6 nitrogen and oxygen atoms in total. The molecule has 0 aromatic carbocycles. The number of unbranched alkanes of at least 4 members (excludes halogenated alkanes) is 13. The molecule has 0 spiro atoms. The summed E-state index contributed by atoms with van der Waals surface area (Å²) in [6, 6.07) is 0. The molecule has 6 heteroatoms. The summed E-state index contributed by atoms with van der Waals surface area (Å²) in [6.45, 7) is 6.28. The highest BCUT2D eigenvalue weighted by Crippen LogP contribution is 2.12. The first-order valence-electron chi connectivity index (χ1n) is 29.0. The number of carbonyl (C=O) groups is 3. The van der Waals surface area contributed by atoms with Gasteiger partial charge in [0.05, 0.1) is 0 Å². The van der Waals surface area contributed by atoms with Crippen LogP contribution in [0.1, 0.15) is 226 Å². The molecule has 0 aliphatic heterocycles. The molecule has 73 heavy (non-hydrogen) atoms. The fourth-order valence-corrected chi connectivity index (χ4v) is 7.19. The van der Waals surface area contributed by atoms with Crippen LogP contribution in [0.25, 0.3) is 0 Å². The lowest BCUT2D eigenvalue weighted by atomic mass is 10.1. The van der Waals surface area contributed by atoms with Crippen LogP contribution in [0.4, 0.5) is 0 Å². The Labute approximate surface area is 448 Å². The SMILES string of the molecule is CC/C=C\C/C=C\C/C=C\C/C=C\C/C=C\C/C=C\C/C=C\C/C=C\CCCCCCC(=O)OCC(COC(=O)CCCCCCC/C=C\CCCC)OC(=O)CCCC/C=C\C/C=C\C/C=C\C/C=C\CC. The van der Waals surface area contributed by atoms with Gasteiger partial charge in [-0.3, -0.25) is 14.4 Å². The minimum Gasteiger partial charge on any atom is -0.462 e. The molecule has 0 aliphatic carbocycles. The maximum absolute atomic E-state index is 12.8. The number of hydrogen-bond acceptors (Lipinski definition) is 6. The lowest BCUT2D eigenvalue weighted by molar-refractivity contribution is -0.167. The van der Waals surface area contributed by atoms with E-state index in [4.69, 9.17) is 14.2 Å². The summed E-state index contributed by atoms with van der Waals surface area (Å²) in [5, 5.41) is 0.